The third-order valence-corrected chi connectivity index (χ3v) is 30.9. The maximum Gasteiger partial charge on any atom is 0 e. The molecule has 0 N–H and O–H groups in total. The van der Waals surface area contributed by atoms with Gasteiger partial charge in [-0.15, -0.1) is 0 Å². The largest absolute Gasteiger partial charge is 0.358 e. The van der Waals surface area contributed by atoms with E-state index in [0.29, 0.717) is 0 Å². The van der Waals surface area contributed by atoms with E-state index in [1.54, 1.807) is 0 Å². The van der Waals surface area contributed by atoms with E-state index < -0.39 is 0 Å². The van der Waals surface area contributed by atoms with Crippen LogP contribution in [0, 0.1) is 263 Å². The van der Waals surface area contributed by atoms with Crippen molar-refractivity contribution in [2.24, 2.45) is 237 Å². The van der Waals surface area contributed by atoms with Crippen LogP contribution >= 0.6 is 0 Å². The van der Waals surface area contributed by atoms with Crippen LogP contribution in [0.2, 0.25) is 0 Å². The average molecular weight is 1200 g/mol. The van der Waals surface area contributed by atoms with Crippen LogP contribution in [0.5, 0.6) is 0 Å². The molecular formula is C74H136Y2-4. The summed E-state index contributed by atoms with van der Waals surface area (Å²) in [5, 5.41) is 0. The minimum absolute atomic E-state index is 0. The molecule has 0 bridgehead atoms. The van der Waals surface area contributed by atoms with Crippen molar-refractivity contribution in [3.05, 3.63) is 26.7 Å². The molecule has 10 saturated carbocycles. The summed E-state index contributed by atoms with van der Waals surface area (Å²) in [5.74, 6) is 36.6. The summed E-state index contributed by atoms with van der Waals surface area (Å²) < 4.78 is 0. The van der Waals surface area contributed by atoms with Crippen molar-refractivity contribution >= 4 is 0 Å². The van der Waals surface area contributed by atoms with Gasteiger partial charge in [-0.1, -0.05) is 266 Å². The SMILES string of the molecule is C.CC1C(C)C(C)C2C([CH-]C3C(C)C(C)C(C)C(C)C32)C1C.CC1C(C)C(C)C2C([CH-]C3C(C)C(C)C(C)C(C)C32)C1C.CC1CC2C(C)C(C)C(C)C(C)C2C1C.CC1[CH-]C2C(C)C(C)C(C)C(C)C2C1C.[CH3-].[Y].[Y]. The van der Waals surface area contributed by atoms with Crippen molar-refractivity contribution in [1.82, 2.24) is 0 Å². The standard InChI is InChI=1S/2C21H37.C15H28.C15H27.CH4.CH3.2Y/c2*1-10-12(3)16(7)20-18(14(10)5)9-19-15(6)11(2)13(4)17(8)21(19)20;2*1-8-7-14-12(5)10(3)11(4)13(6)15(14)9(8)2;;;;/h2*9-21H,1-8H3;8-15H,7H2,1-6H3;7-15H,1-6H3;1H4;1H3;;/q2*-1;;-1;;-1;;. The van der Waals surface area contributed by atoms with E-state index in [9.17, 15) is 0 Å². The van der Waals surface area contributed by atoms with E-state index in [-0.39, 0.29) is 80.3 Å². The first-order valence-electron chi connectivity index (χ1n) is 33.0. The molecular weight excluding hydrogens is 1070 g/mol. The normalized spacial score (nSPS) is 59.2. The summed E-state index contributed by atoms with van der Waals surface area (Å²) in [6.45, 7) is 70.3. The Labute approximate surface area is 531 Å². The molecule has 76 heavy (non-hydrogen) atoms. The van der Waals surface area contributed by atoms with Gasteiger partial charge in [-0.25, -0.2) is 0 Å². The van der Waals surface area contributed by atoms with Gasteiger partial charge in [-0.05, 0) is 143 Å². The fourth-order valence-corrected chi connectivity index (χ4v) is 22.7. The second kappa shape index (κ2) is 28.2. The van der Waals surface area contributed by atoms with Crippen molar-refractivity contribution in [2.75, 3.05) is 0 Å². The Morgan fingerprint density at radius 3 is 0.697 bits per heavy atom. The van der Waals surface area contributed by atoms with Crippen molar-refractivity contribution in [3.63, 3.8) is 0 Å². The molecule has 2 radical (unpaired) electrons. The summed E-state index contributed by atoms with van der Waals surface area (Å²) in [4.78, 5) is 0. The monoisotopic (exact) mass is 1200 g/mol. The maximum absolute atomic E-state index is 2.85. The third kappa shape index (κ3) is 12.4. The summed E-state index contributed by atoms with van der Waals surface area (Å²) in [6.07, 6.45) is 9.86. The van der Waals surface area contributed by atoms with Crippen LogP contribution in [0.4, 0.5) is 0 Å². The van der Waals surface area contributed by atoms with Crippen LogP contribution in [-0.2, 0) is 65.4 Å². The molecule has 0 aromatic rings. The number of rotatable bonds is 0. The summed E-state index contributed by atoms with van der Waals surface area (Å²) in [6, 6.07) is 0. The molecule has 10 rings (SSSR count). The van der Waals surface area contributed by atoms with E-state index in [1.165, 1.54) is 6.42 Å². The Kier molecular flexibility index (Phi) is 26.8. The summed E-state index contributed by atoms with van der Waals surface area (Å²) in [7, 11) is 0. The van der Waals surface area contributed by atoms with Crippen LogP contribution in [0.1, 0.15) is 208 Å². The zero-order valence-electron chi connectivity index (χ0n) is 55.7. The van der Waals surface area contributed by atoms with Crippen LogP contribution in [0.3, 0.4) is 0 Å². The number of fused-ring (bicyclic) bond motifs is 8. The first-order valence-corrected chi connectivity index (χ1v) is 33.0. The Bertz CT molecular complexity index is 1540. The zero-order chi connectivity index (χ0) is 53.9. The van der Waals surface area contributed by atoms with Gasteiger partial charge in [0, 0.05) is 65.4 Å². The molecule has 0 nitrogen and oxygen atoms in total. The zero-order valence-corrected chi connectivity index (χ0v) is 61.4. The Balaban J connectivity index is 0.000000265. The predicted octanol–water partition coefficient (Wildman–Crippen LogP) is 21.4. The van der Waals surface area contributed by atoms with Gasteiger partial charge in [-0.2, -0.15) is 35.5 Å². The number of hydrogen-bond acceptors (Lipinski definition) is 0. The molecule has 40 unspecified atom stereocenters. The van der Waals surface area contributed by atoms with E-state index in [1.807, 2.05) is 0 Å². The van der Waals surface area contributed by atoms with Crippen LogP contribution in [-0.4, -0.2) is 0 Å². The summed E-state index contributed by atoms with van der Waals surface area (Å²) >= 11 is 0. The molecule has 0 aromatic carbocycles. The van der Waals surface area contributed by atoms with Gasteiger partial charge in [0.15, 0.2) is 0 Å². The molecule has 0 saturated heterocycles. The smallest absolute Gasteiger partial charge is 0 e. The molecule has 10 aliphatic rings. The molecule has 0 spiro atoms. The van der Waals surface area contributed by atoms with E-state index >= 15 is 0 Å². The fraction of sp³-hybridized carbons (Fsp3) is 0.946. The third-order valence-electron chi connectivity index (χ3n) is 30.9. The Morgan fingerprint density at radius 2 is 0.421 bits per heavy atom. The van der Waals surface area contributed by atoms with Gasteiger partial charge in [0.1, 0.15) is 0 Å². The fourth-order valence-electron chi connectivity index (χ4n) is 22.7. The van der Waals surface area contributed by atoms with Gasteiger partial charge in [0.25, 0.3) is 0 Å². The van der Waals surface area contributed by atoms with Crippen molar-refractivity contribution in [3.8, 4) is 0 Å². The van der Waals surface area contributed by atoms with Gasteiger partial charge in [-0.3, -0.25) is 0 Å². The first-order chi connectivity index (χ1) is 33.4. The second-order valence-electron chi connectivity index (χ2n) is 32.0. The van der Waals surface area contributed by atoms with Gasteiger partial charge >= 0.3 is 0 Å². The van der Waals surface area contributed by atoms with E-state index in [2.05, 4.69) is 213 Å². The molecule has 0 amide bonds. The molecule has 442 valence electrons. The Morgan fingerprint density at radius 1 is 0.211 bits per heavy atom. The minimum Gasteiger partial charge on any atom is -0.358 e. The van der Waals surface area contributed by atoms with Crippen molar-refractivity contribution < 1.29 is 65.4 Å². The van der Waals surface area contributed by atoms with E-state index in [0.717, 1.165) is 237 Å². The van der Waals surface area contributed by atoms with Crippen molar-refractivity contribution in [2.45, 2.75) is 208 Å². The molecule has 10 fully saturated rings. The topological polar surface area (TPSA) is 0 Å². The number of hydrogen-bond donors (Lipinski definition) is 0. The summed E-state index contributed by atoms with van der Waals surface area (Å²) in [5.41, 5.74) is 0. The molecule has 10 aliphatic carbocycles. The van der Waals surface area contributed by atoms with Crippen LogP contribution in [0.25, 0.3) is 0 Å². The Hall–Kier alpha value is 2.21. The van der Waals surface area contributed by atoms with Gasteiger partial charge in [0.05, 0.1) is 0 Å². The minimum atomic E-state index is 0. The van der Waals surface area contributed by atoms with E-state index in [4.69, 9.17) is 0 Å². The van der Waals surface area contributed by atoms with Crippen LogP contribution in [0.15, 0.2) is 0 Å². The quantitative estimate of drug-likeness (QED) is 0.212. The van der Waals surface area contributed by atoms with Crippen LogP contribution < -0.4 is 0 Å². The first kappa shape index (κ1) is 72.5. The van der Waals surface area contributed by atoms with Gasteiger partial charge in [0.2, 0.25) is 0 Å². The van der Waals surface area contributed by atoms with Gasteiger partial charge < -0.3 is 26.7 Å². The molecule has 40 atom stereocenters. The molecule has 2 heteroatoms. The predicted molar refractivity (Wildman–Crippen MR) is 329 cm³/mol. The average Bonchev–Trinajstić information content (AvgIpc) is 4.12. The molecule has 0 heterocycles. The van der Waals surface area contributed by atoms with Crippen molar-refractivity contribution in [1.29, 1.82) is 0 Å². The second-order valence-corrected chi connectivity index (χ2v) is 32.0. The molecule has 0 aromatic heterocycles. The maximum atomic E-state index is 2.85. The molecule has 0 aliphatic heterocycles.